The molecule has 1 saturated carbocycles. The number of aliphatic hydroxyl groups excluding tert-OH is 4. The summed E-state index contributed by atoms with van der Waals surface area (Å²) in [5.74, 6) is -0.317. The summed E-state index contributed by atoms with van der Waals surface area (Å²) >= 11 is 0. The molecule has 0 aromatic carbocycles. The van der Waals surface area contributed by atoms with Gasteiger partial charge in [-0.1, -0.05) is 0 Å². The highest BCUT2D eigenvalue weighted by Gasteiger charge is 2.51. The number of amides is 2. The summed E-state index contributed by atoms with van der Waals surface area (Å²) in [4.78, 5) is 12.6. The lowest BCUT2D eigenvalue weighted by atomic mass is 9.83. The molecule has 2 aliphatic heterocycles. The Hall–Kier alpha value is -1.98. The Balaban J connectivity index is 1.86. The third-order valence-corrected chi connectivity index (χ3v) is 7.48. The second kappa shape index (κ2) is 15.0. The van der Waals surface area contributed by atoms with E-state index < -0.39 is 86.0 Å². The van der Waals surface area contributed by atoms with Gasteiger partial charge in [-0.3, -0.25) is 10.6 Å². The molecule has 2 amide bonds. The number of hydrogen-bond donors (Lipinski definition) is 13. The minimum atomic E-state index is -1.59. The van der Waals surface area contributed by atoms with Crippen molar-refractivity contribution >= 4 is 12.0 Å². The number of rotatable bonds is 10. The Labute approximate surface area is 236 Å². The van der Waals surface area contributed by atoms with Crippen LogP contribution in [0.15, 0.2) is 0 Å². The molecule has 238 valence electrons. The fourth-order valence-electron chi connectivity index (χ4n) is 5.23. The molecule has 18 N–H and O–H groups in total. The van der Waals surface area contributed by atoms with E-state index in [2.05, 4.69) is 10.6 Å². The number of urea groups is 1. The molecule has 0 spiro atoms. The summed E-state index contributed by atoms with van der Waals surface area (Å²) in [6.07, 6.45) is -10.3. The topological polar surface area (TPSA) is 336 Å². The van der Waals surface area contributed by atoms with Crippen molar-refractivity contribution in [3.63, 3.8) is 0 Å². The molecule has 3 fully saturated rings. The lowest BCUT2D eigenvalue weighted by Gasteiger charge is -2.48. The molecule has 19 heteroatoms. The Kier molecular flexibility index (Phi) is 12.2. The van der Waals surface area contributed by atoms with E-state index in [0.717, 1.165) is 0 Å². The highest BCUT2D eigenvalue weighted by molar-refractivity contribution is 5.74. The number of nitrogens with two attached hydrogens (primary N) is 5. The molecule has 41 heavy (non-hydrogen) atoms. The van der Waals surface area contributed by atoms with Gasteiger partial charge in [-0.25, -0.2) is 9.86 Å². The van der Waals surface area contributed by atoms with Crippen molar-refractivity contribution in [2.75, 3.05) is 26.2 Å². The number of nitrogens with zero attached hydrogens (tertiary/aromatic N) is 1. The molecule has 13 atom stereocenters. The number of nitrogens with one attached hydrogen (secondary N) is 3. The predicted molar refractivity (Wildman–Crippen MR) is 140 cm³/mol. The van der Waals surface area contributed by atoms with Crippen molar-refractivity contribution in [1.29, 1.82) is 5.41 Å². The van der Waals surface area contributed by atoms with Gasteiger partial charge in [-0.2, -0.15) is 0 Å². The fourth-order valence-corrected chi connectivity index (χ4v) is 5.23. The predicted octanol–water partition coefficient (Wildman–Crippen LogP) is -6.34. The minimum Gasteiger partial charge on any atom is -0.394 e. The highest BCUT2D eigenvalue weighted by Crippen LogP contribution is 2.31. The fraction of sp³-hybridized carbons (Fsp3) is 0.909. The maximum Gasteiger partial charge on any atom is 0.341 e. The van der Waals surface area contributed by atoms with Gasteiger partial charge in [-0.15, -0.1) is 0 Å². The first kappa shape index (κ1) is 33.5. The van der Waals surface area contributed by atoms with E-state index in [4.69, 9.17) is 53.0 Å². The van der Waals surface area contributed by atoms with Crippen LogP contribution in [0.1, 0.15) is 19.3 Å². The Bertz CT molecular complexity index is 863. The van der Waals surface area contributed by atoms with E-state index in [-0.39, 0.29) is 38.1 Å². The maximum atomic E-state index is 12.6. The average Bonchev–Trinajstić information content (AvgIpc) is 2.93. The molecule has 1 unspecified atom stereocenters. The molecular formula is C22H45N9O10. The number of carbonyl (C=O) groups excluding carboxylic acids is 1. The van der Waals surface area contributed by atoms with Crippen LogP contribution in [-0.2, 0) is 18.9 Å². The summed E-state index contributed by atoms with van der Waals surface area (Å²) < 4.78 is 23.5. The summed E-state index contributed by atoms with van der Waals surface area (Å²) in [6.45, 7) is -0.666. The van der Waals surface area contributed by atoms with Crippen LogP contribution in [0.25, 0.3) is 0 Å². The van der Waals surface area contributed by atoms with Gasteiger partial charge in [-0.05, 0) is 19.3 Å². The molecule has 2 heterocycles. The van der Waals surface area contributed by atoms with Crippen molar-refractivity contribution in [2.45, 2.75) is 98.7 Å². The summed E-state index contributed by atoms with van der Waals surface area (Å²) in [5, 5.41) is 65.1. The standard InChI is InChI=1S/C22H45N9O10/c23-3-4-31(37)22(36)30-11-5-9(25)17(40-19-10(29-21(27)28)2-1-8(6-24)38-19)16(35)18(11)41-20-15(34)13(26)14(33)12(7-32)39-20/h8-20,32-35,37H,1-7,23-26H2,(H,30,36)(H4,27,28,29)/t8-,9-,10+,11+,12+,13-,14+,15+,16-,17?,18-,19+,20+/m0/s1. The van der Waals surface area contributed by atoms with Gasteiger partial charge >= 0.3 is 6.03 Å². The SMILES string of the molecule is N=C(N)N[C@@H]1CC[C@@H](CN)O[C@@H]1OC1[C@@H](N)C[C@@H](NC(=O)N(O)CCN)[C@H](O[C@H]2O[C@H](CO)[C@@H](O)[C@H](N)[C@H]2O)[C@H]1O. The van der Waals surface area contributed by atoms with E-state index in [1.165, 1.54) is 0 Å². The Morgan fingerprint density at radius 3 is 2.27 bits per heavy atom. The molecule has 0 bridgehead atoms. The van der Waals surface area contributed by atoms with Crippen molar-refractivity contribution in [3.05, 3.63) is 0 Å². The van der Waals surface area contributed by atoms with Crippen LogP contribution in [0.4, 0.5) is 4.79 Å². The normalized spacial score (nSPS) is 41.4. The van der Waals surface area contributed by atoms with Gasteiger partial charge in [0.15, 0.2) is 18.5 Å². The summed E-state index contributed by atoms with van der Waals surface area (Å²) in [7, 11) is 0. The van der Waals surface area contributed by atoms with E-state index in [0.29, 0.717) is 17.9 Å². The number of hydrogen-bond acceptors (Lipinski definition) is 15. The second-order valence-electron chi connectivity index (χ2n) is 10.4. The van der Waals surface area contributed by atoms with E-state index in [9.17, 15) is 30.4 Å². The van der Waals surface area contributed by atoms with Gasteiger partial charge in [0, 0.05) is 19.1 Å². The molecule has 1 aliphatic carbocycles. The van der Waals surface area contributed by atoms with E-state index >= 15 is 0 Å². The zero-order valence-corrected chi connectivity index (χ0v) is 22.6. The van der Waals surface area contributed by atoms with Gasteiger partial charge in [0.05, 0.1) is 37.4 Å². The molecule has 0 radical (unpaired) electrons. The van der Waals surface area contributed by atoms with Crippen molar-refractivity contribution in [1.82, 2.24) is 15.7 Å². The largest absolute Gasteiger partial charge is 0.394 e. The van der Waals surface area contributed by atoms with Crippen LogP contribution in [0, 0.1) is 5.41 Å². The summed E-state index contributed by atoms with van der Waals surface area (Å²) in [5.41, 5.74) is 29.0. The van der Waals surface area contributed by atoms with Crippen molar-refractivity contribution < 1.29 is 49.4 Å². The molecule has 0 aromatic rings. The Morgan fingerprint density at radius 2 is 1.66 bits per heavy atom. The second-order valence-corrected chi connectivity index (χ2v) is 10.4. The minimum absolute atomic E-state index is 0.0297. The number of ether oxygens (including phenoxy) is 4. The van der Waals surface area contributed by atoms with Gasteiger partial charge in [0.25, 0.3) is 0 Å². The third-order valence-electron chi connectivity index (χ3n) is 7.48. The van der Waals surface area contributed by atoms with Crippen LogP contribution >= 0.6 is 0 Å². The summed E-state index contributed by atoms with van der Waals surface area (Å²) in [6, 6.07) is -4.76. The number of aliphatic hydroxyl groups is 4. The average molecular weight is 596 g/mol. The maximum absolute atomic E-state index is 12.6. The van der Waals surface area contributed by atoms with Crippen LogP contribution < -0.4 is 39.3 Å². The first-order valence-electron chi connectivity index (χ1n) is 13.5. The monoisotopic (exact) mass is 595 g/mol. The molecule has 3 aliphatic rings. The van der Waals surface area contributed by atoms with Crippen LogP contribution in [0.3, 0.4) is 0 Å². The molecular weight excluding hydrogens is 550 g/mol. The zero-order chi connectivity index (χ0) is 30.4. The quantitative estimate of drug-likeness (QED) is 0.0483. The van der Waals surface area contributed by atoms with E-state index in [1.807, 2.05) is 0 Å². The first-order chi connectivity index (χ1) is 19.4. The van der Waals surface area contributed by atoms with Gasteiger partial charge in [0.2, 0.25) is 0 Å². The Morgan fingerprint density at radius 1 is 0.976 bits per heavy atom. The van der Waals surface area contributed by atoms with E-state index in [1.54, 1.807) is 0 Å². The lowest BCUT2D eigenvalue weighted by molar-refractivity contribution is -0.314. The molecule has 0 aromatic heterocycles. The first-order valence-corrected chi connectivity index (χ1v) is 13.5. The van der Waals surface area contributed by atoms with Crippen molar-refractivity contribution in [3.8, 4) is 0 Å². The molecule has 19 nitrogen and oxygen atoms in total. The third kappa shape index (κ3) is 8.10. The zero-order valence-electron chi connectivity index (χ0n) is 22.6. The number of hydroxylamine groups is 2. The van der Waals surface area contributed by atoms with Crippen LogP contribution in [0.5, 0.6) is 0 Å². The van der Waals surface area contributed by atoms with Crippen molar-refractivity contribution in [2.24, 2.45) is 28.7 Å². The van der Waals surface area contributed by atoms with Gasteiger partial charge < -0.3 is 78.7 Å². The molecule has 3 rings (SSSR count). The van der Waals surface area contributed by atoms with Crippen LogP contribution in [-0.4, -0.2) is 148 Å². The highest BCUT2D eigenvalue weighted by atomic mass is 16.7. The molecule has 2 saturated heterocycles. The van der Waals surface area contributed by atoms with Gasteiger partial charge in [0.1, 0.15) is 36.6 Å². The lowest BCUT2D eigenvalue weighted by Crippen LogP contribution is -2.69. The number of carbonyl (C=O) groups is 1. The smallest absolute Gasteiger partial charge is 0.341 e. The number of guanidine groups is 1. The van der Waals surface area contributed by atoms with Crippen LogP contribution in [0.2, 0.25) is 0 Å².